The average molecular weight is 231 g/mol. The molecule has 4 nitrogen and oxygen atoms in total. The van der Waals surface area contributed by atoms with Crippen LogP contribution in [0.1, 0.15) is 0 Å². The van der Waals surface area contributed by atoms with Crippen LogP contribution < -0.4 is 5.73 Å². The fourth-order valence-electron chi connectivity index (χ4n) is 0.139. The molecule has 0 aliphatic heterocycles. The van der Waals surface area contributed by atoms with Crippen LogP contribution in [0, 0.1) is 0 Å². The predicted octanol–water partition coefficient (Wildman–Crippen LogP) is -0.235. The Morgan fingerprint density at radius 3 is 2.62 bits per heavy atom. The second-order valence-electron chi connectivity index (χ2n) is 1.22. The number of hydrogen-bond donors (Lipinski definition) is 2. The number of hydrogen-bond acceptors (Lipinski definition) is 3. The highest BCUT2D eigenvalue weighted by Crippen LogP contribution is 1.87. The van der Waals surface area contributed by atoms with E-state index in [0.29, 0.717) is 0 Å². The van der Waals surface area contributed by atoms with Crippen molar-refractivity contribution in [1.29, 1.82) is 0 Å². The molecule has 0 saturated carbocycles. The summed E-state index contributed by atoms with van der Waals surface area (Å²) in [6.07, 6.45) is 0. The molecule has 0 heterocycles. The van der Waals surface area contributed by atoms with Crippen molar-refractivity contribution in [3.05, 3.63) is 0 Å². The van der Waals surface area contributed by atoms with Gasteiger partial charge in [0.2, 0.25) is 0 Å². The van der Waals surface area contributed by atoms with Gasteiger partial charge in [0, 0.05) is 0 Å². The van der Waals surface area contributed by atoms with Crippen LogP contribution in [-0.4, -0.2) is 23.7 Å². The molecule has 3 N–H and O–H groups in total. The number of carboxylic acids is 1. The number of halogens is 1. The summed E-state index contributed by atoms with van der Waals surface area (Å²) in [5.41, 5.74) is 5.00. The maximum absolute atomic E-state index is 9.88. The van der Waals surface area contributed by atoms with E-state index in [4.69, 9.17) is 10.8 Å². The Morgan fingerprint density at radius 2 is 2.50 bits per heavy atom. The van der Waals surface area contributed by atoms with Crippen molar-refractivity contribution in [2.24, 2.45) is 5.73 Å². The van der Waals surface area contributed by atoms with Crippen LogP contribution in [0.25, 0.3) is 0 Å². The van der Waals surface area contributed by atoms with Crippen LogP contribution >= 0.6 is 23.0 Å². The topological polar surface area (TPSA) is 72.5 Å². The lowest BCUT2D eigenvalue weighted by Crippen LogP contribution is -2.33. The van der Waals surface area contributed by atoms with Gasteiger partial charge in [0.15, 0.2) is 0 Å². The van der Waals surface area contributed by atoms with Crippen LogP contribution in [0.3, 0.4) is 0 Å². The fourth-order valence-corrected chi connectivity index (χ4v) is 0.527. The zero-order valence-corrected chi connectivity index (χ0v) is 6.16. The lowest BCUT2D eigenvalue weighted by atomic mass is 10.3. The molecule has 0 aromatic carbocycles. The van der Waals surface area contributed by atoms with Gasteiger partial charge in [-0.05, 0) is 0 Å². The summed E-state index contributed by atoms with van der Waals surface area (Å²) in [6, 6.07) is -0.896. The second kappa shape index (κ2) is 4.04. The Labute approximate surface area is 60.7 Å². The van der Waals surface area contributed by atoms with Crippen LogP contribution in [0.5, 0.6) is 0 Å². The van der Waals surface area contributed by atoms with Crippen molar-refractivity contribution < 1.29 is 13.0 Å². The largest absolute Gasteiger partial charge is 0.480 e. The third-order valence-electron chi connectivity index (χ3n) is 0.560. The lowest BCUT2D eigenvalue weighted by Gasteiger charge is -1.99. The first-order chi connectivity index (χ1) is 3.68. The summed E-state index contributed by atoms with van der Waals surface area (Å²) < 4.78 is 4.43. The van der Waals surface area contributed by atoms with Crippen molar-refractivity contribution in [2.45, 2.75) is 6.04 Å². The number of carboxylic acid groups (broad SMARTS) is 1. The van der Waals surface area contributed by atoms with Gasteiger partial charge in [-0.25, -0.2) is 0 Å². The molecular weight excluding hydrogens is 225 g/mol. The standard InChI is InChI=1S/C3H6INO3/c4-8-1-2(5)3(6)7/h2H,1,5H2,(H,6,7)/t2-/m1/s1. The average Bonchev–Trinajstić information content (AvgIpc) is 1.67. The molecule has 0 spiro atoms. The highest BCUT2D eigenvalue weighted by molar-refractivity contribution is 14.1. The first-order valence-corrected chi connectivity index (χ1v) is 2.78. The smallest absolute Gasteiger partial charge is 0.322 e. The number of rotatable bonds is 3. The SMILES string of the molecule is N[C@H](COI)C(=O)O. The van der Waals surface area contributed by atoms with Crippen molar-refractivity contribution >= 4 is 29.0 Å². The van der Waals surface area contributed by atoms with Crippen molar-refractivity contribution in [2.75, 3.05) is 6.61 Å². The molecule has 0 rings (SSSR count). The third kappa shape index (κ3) is 3.16. The second-order valence-corrected chi connectivity index (χ2v) is 1.84. The molecule has 0 saturated heterocycles. The van der Waals surface area contributed by atoms with E-state index >= 15 is 0 Å². The molecule has 0 aromatic rings. The third-order valence-corrected chi connectivity index (χ3v) is 0.919. The minimum atomic E-state index is -1.04. The van der Waals surface area contributed by atoms with E-state index in [-0.39, 0.29) is 6.61 Å². The first kappa shape index (κ1) is 8.12. The van der Waals surface area contributed by atoms with E-state index in [1.165, 1.54) is 0 Å². The van der Waals surface area contributed by atoms with Crippen LogP contribution in [-0.2, 0) is 7.86 Å². The Balaban J connectivity index is 3.32. The summed E-state index contributed by atoms with van der Waals surface area (Å²) in [7, 11) is 0. The van der Waals surface area contributed by atoms with Crippen LogP contribution in [0.15, 0.2) is 0 Å². The first-order valence-electron chi connectivity index (χ1n) is 1.90. The number of aliphatic carboxylic acids is 1. The van der Waals surface area contributed by atoms with Gasteiger partial charge in [0.25, 0.3) is 0 Å². The maximum atomic E-state index is 9.88. The fraction of sp³-hybridized carbons (Fsp3) is 0.667. The van der Waals surface area contributed by atoms with Gasteiger partial charge in [0.1, 0.15) is 29.0 Å². The Kier molecular flexibility index (Phi) is 4.11. The number of carbonyl (C=O) groups is 1. The van der Waals surface area contributed by atoms with E-state index in [1.54, 1.807) is 23.0 Å². The zero-order chi connectivity index (χ0) is 6.57. The molecule has 0 amide bonds. The van der Waals surface area contributed by atoms with E-state index in [1.807, 2.05) is 0 Å². The van der Waals surface area contributed by atoms with E-state index < -0.39 is 12.0 Å². The summed E-state index contributed by atoms with van der Waals surface area (Å²) in [6.45, 7) is 0.0515. The normalized spacial score (nSPS) is 13.2. The summed E-state index contributed by atoms with van der Waals surface area (Å²) in [4.78, 5) is 9.88. The zero-order valence-electron chi connectivity index (χ0n) is 4.00. The molecule has 8 heavy (non-hydrogen) atoms. The predicted molar refractivity (Wildman–Crippen MR) is 35.6 cm³/mol. The van der Waals surface area contributed by atoms with Crippen LogP contribution in [0.4, 0.5) is 0 Å². The molecule has 0 aliphatic rings. The lowest BCUT2D eigenvalue weighted by molar-refractivity contribution is -0.138. The molecule has 0 unspecified atom stereocenters. The molecule has 48 valence electrons. The van der Waals surface area contributed by atoms with Gasteiger partial charge >= 0.3 is 5.97 Å². The quantitative estimate of drug-likeness (QED) is 0.657. The molecule has 0 fully saturated rings. The molecule has 0 aromatic heterocycles. The molecule has 0 bridgehead atoms. The number of nitrogens with two attached hydrogens (primary N) is 1. The molecule has 0 radical (unpaired) electrons. The van der Waals surface area contributed by atoms with Crippen LogP contribution in [0.2, 0.25) is 0 Å². The van der Waals surface area contributed by atoms with Gasteiger partial charge in [-0.3, -0.25) is 4.79 Å². The van der Waals surface area contributed by atoms with Gasteiger partial charge in [-0.2, -0.15) is 0 Å². The van der Waals surface area contributed by atoms with E-state index in [9.17, 15) is 4.79 Å². The van der Waals surface area contributed by atoms with Crippen molar-refractivity contribution in [3.8, 4) is 0 Å². The summed E-state index contributed by atoms with van der Waals surface area (Å²) in [5.74, 6) is -1.04. The van der Waals surface area contributed by atoms with Gasteiger partial charge < -0.3 is 13.9 Å². The van der Waals surface area contributed by atoms with Gasteiger partial charge in [-0.1, -0.05) is 0 Å². The highest BCUT2D eigenvalue weighted by Gasteiger charge is 2.09. The van der Waals surface area contributed by atoms with Crippen molar-refractivity contribution in [3.63, 3.8) is 0 Å². The Morgan fingerprint density at radius 1 is 2.00 bits per heavy atom. The Hall–Kier alpha value is 0.120. The van der Waals surface area contributed by atoms with E-state index in [2.05, 4.69) is 3.07 Å². The molecule has 1 atom stereocenters. The molecular formula is C3H6INO3. The molecule has 0 aliphatic carbocycles. The summed E-state index contributed by atoms with van der Waals surface area (Å²) in [5, 5.41) is 8.10. The monoisotopic (exact) mass is 231 g/mol. The van der Waals surface area contributed by atoms with Gasteiger partial charge in [-0.15, -0.1) is 0 Å². The van der Waals surface area contributed by atoms with E-state index in [0.717, 1.165) is 0 Å². The minimum Gasteiger partial charge on any atom is -0.480 e. The van der Waals surface area contributed by atoms with Crippen molar-refractivity contribution in [1.82, 2.24) is 0 Å². The maximum Gasteiger partial charge on any atom is 0.322 e. The Bertz CT molecular complexity index is 86.6. The minimum absolute atomic E-state index is 0.0515. The van der Waals surface area contributed by atoms with Gasteiger partial charge in [0.05, 0.1) is 6.61 Å². The highest BCUT2D eigenvalue weighted by atomic mass is 127. The summed E-state index contributed by atoms with van der Waals surface area (Å²) >= 11 is 1.59. The molecule has 5 heteroatoms.